The smallest absolute Gasteiger partial charge is 0.340 e. The van der Waals surface area contributed by atoms with Crippen molar-refractivity contribution >= 4 is 40.9 Å². The first-order chi connectivity index (χ1) is 11.3. The molecule has 1 atom stereocenters. The van der Waals surface area contributed by atoms with Crippen LogP contribution in [0.5, 0.6) is 0 Å². The van der Waals surface area contributed by atoms with Crippen LogP contribution in [0.15, 0.2) is 30.5 Å². The molecule has 1 N–H and O–H groups in total. The van der Waals surface area contributed by atoms with Gasteiger partial charge in [-0.15, -0.1) is 0 Å². The molecule has 6 nitrogen and oxygen atoms in total. The van der Waals surface area contributed by atoms with E-state index in [1.165, 1.54) is 13.0 Å². The number of aromatic nitrogens is 2. The molecular weight excluding hydrogens is 353 g/mol. The number of rotatable bonds is 5. The van der Waals surface area contributed by atoms with Crippen molar-refractivity contribution in [3.8, 4) is 0 Å². The van der Waals surface area contributed by atoms with Crippen molar-refractivity contribution in [1.82, 2.24) is 9.78 Å². The van der Waals surface area contributed by atoms with E-state index in [9.17, 15) is 9.59 Å². The number of hydrogen-bond donors (Lipinski definition) is 1. The maximum Gasteiger partial charge on any atom is 0.340 e. The standard InChI is InChI=1S/C16H17Cl2N3O3/c1-9(2)21-13(7-8-19-21)20-15(22)10(3)24-16(23)11-5-4-6-12(17)14(11)18/h4-10H,1-3H3,(H,20,22)/t10-/m1/s1. The second-order valence-electron chi connectivity index (χ2n) is 5.39. The molecule has 8 heteroatoms. The number of esters is 1. The predicted octanol–water partition coefficient (Wildman–Crippen LogP) is 3.95. The van der Waals surface area contributed by atoms with Crippen molar-refractivity contribution in [3.63, 3.8) is 0 Å². The van der Waals surface area contributed by atoms with Gasteiger partial charge in [0.1, 0.15) is 5.82 Å². The largest absolute Gasteiger partial charge is 0.449 e. The van der Waals surface area contributed by atoms with Crippen LogP contribution in [0.3, 0.4) is 0 Å². The molecule has 24 heavy (non-hydrogen) atoms. The number of nitrogens with one attached hydrogen (secondary N) is 1. The number of carbonyl (C=O) groups excluding carboxylic acids is 2. The maximum absolute atomic E-state index is 12.2. The number of ether oxygens (including phenoxy) is 1. The van der Waals surface area contributed by atoms with Gasteiger partial charge in [-0.3, -0.25) is 4.79 Å². The monoisotopic (exact) mass is 369 g/mol. The van der Waals surface area contributed by atoms with E-state index < -0.39 is 18.0 Å². The summed E-state index contributed by atoms with van der Waals surface area (Å²) in [6.07, 6.45) is 0.570. The maximum atomic E-state index is 12.2. The van der Waals surface area contributed by atoms with Crippen LogP contribution in [-0.4, -0.2) is 27.8 Å². The molecule has 0 aliphatic carbocycles. The number of carbonyl (C=O) groups is 2. The molecule has 0 spiro atoms. The van der Waals surface area contributed by atoms with Crippen LogP contribution in [0.25, 0.3) is 0 Å². The summed E-state index contributed by atoms with van der Waals surface area (Å²) in [5.41, 5.74) is 0.107. The van der Waals surface area contributed by atoms with Gasteiger partial charge in [0.25, 0.3) is 5.91 Å². The third-order valence-electron chi connectivity index (χ3n) is 3.24. The molecule has 0 radical (unpaired) electrons. The van der Waals surface area contributed by atoms with Crippen LogP contribution in [-0.2, 0) is 9.53 Å². The van der Waals surface area contributed by atoms with Crippen LogP contribution in [0, 0.1) is 0 Å². The minimum atomic E-state index is -1.01. The second kappa shape index (κ2) is 7.68. The van der Waals surface area contributed by atoms with Gasteiger partial charge in [-0.1, -0.05) is 29.3 Å². The summed E-state index contributed by atoms with van der Waals surface area (Å²) in [6, 6.07) is 6.37. The first-order valence-electron chi connectivity index (χ1n) is 7.30. The Morgan fingerprint density at radius 2 is 1.92 bits per heavy atom. The Hall–Kier alpha value is -2.05. The van der Waals surface area contributed by atoms with Gasteiger partial charge >= 0.3 is 5.97 Å². The molecule has 0 saturated carbocycles. The van der Waals surface area contributed by atoms with Crippen LogP contribution in [0.1, 0.15) is 37.2 Å². The molecule has 2 aromatic rings. The van der Waals surface area contributed by atoms with Gasteiger partial charge in [0.2, 0.25) is 0 Å². The summed E-state index contributed by atoms with van der Waals surface area (Å²) in [7, 11) is 0. The minimum Gasteiger partial charge on any atom is -0.449 e. The highest BCUT2D eigenvalue weighted by molar-refractivity contribution is 6.43. The molecule has 0 bridgehead atoms. The zero-order chi connectivity index (χ0) is 17.9. The van der Waals surface area contributed by atoms with Gasteiger partial charge in [-0.25, -0.2) is 9.48 Å². The van der Waals surface area contributed by atoms with E-state index in [1.54, 1.807) is 29.1 Å². The average molecular weight is 370 g/mol. The van der Waals surface area contributed by atoms with Gasteiger partial charge in [-0.2, -0.15) is 5.10 Å². The highest BCUT2D eigenvalue weighted by Crippen LogP contribution is 2.26. The van der Waals surface area contributed by atoms with Gasteiger partial charge in [0.05, 0.1) is 21.8 Å². The molecule has 1 heterocycles. The predicted molar refractivity (Wildman–Crippen MR) is 92.6 cm³/mol. The quantitative estimate of drug-likeness (QED) is 0.809. The average Bonchev–Trinajstić information content (AvgIpc) is 2.98. The lowest BCUT2D eigenvalue weighted by Gasteiger charge is -2.16. The van der Waals surface area contributed by atoms with Crippen molar-refractivity contribution in [2.45, 2.75) is 32.9 Å². The van der Waals surface area contributed by atoms with Crippen LogP contribution in [0.4, 0.5) is 5.82 Å². The molecule has 0 unspecified atom stereocenters. The highest BCUT2D eigenvalue weighted by atomic mass is 35.5. The third kappa shape index (κ3) is 4.07. The fourth-order valence-corrected chi connectivity index (χ4v) is 2.37. The van der Waals surface area contributed by atoms with E-state index in [4.69, 9.17) is 27.9 Å². The molecule has 1 aromatic carbocycles. The van der Waals surface area contributed by atoms with Crippen LogP contribution >= 0.6 is 23.2 Å². The first kappa shape index (κ1) is 18.3. The molecule has 0 fully saturated rings. The zero-order valence-corrected chi connectivity index (χ0v) is 14.9. The molecule has 2 rings (SSSR count). The van der Waals surface area contributed by atoms with Crippen molar-refractivity contribution < 1.29 is 14.3 Å². The lowest BCUT2D eigenvalue weighted by molar-refractivity contribution is -0.123. The first-order valence-corrected chi connectivity index (χ1v) is 8.06. The van der Waals surface area contributed by atoms with Gasteiger partial charge in [0, 0.05) is 12.1 Å². The van der Waals surface area contributed by atoms with E-state index in [0.29, 0.717) is 5.82 Å². The number of benzene rings is 1. The normalized spacial score (nSPS) is 12.1. The Morgan fingerprint density at radius 1 is 1.21 bits per heavy atom. The van der Waals surface area contributed by atoms with E-state index in [1.807, 2.05) is 13.8 Å². The van der Waals surface area contributed by atoms with Gasteiger partial charge < -0.3 is 10.1 Å². The van der Waals surface area contributed by atoms with Gasteiger partial charge in [-0.05, 0) is 32.9 Å². The summed E-state index contributed by atoms with van der Waals surface area (Å²) in [5.74, 6) is -0.662. The third-order valence-corrected chi connectivity index (χ3v) is 4.05. The van der Waals surface area contributed by atoms with Crippen molar-refractivity contribution in [1.29, 1.82) is 0 Å². The van der Waals surface area contributed by atoms with E-state index in [-0.39, 0.29) is 21.7 Å². The summed E-state index contributed by atoms with van der Waals surface area (Å²) in [6.45, 7) is 5.35. The Balaban J connectivity index is 2.05. The molecule has 1 aromatic heterocycles. The number of nitrogens with zero attached hydrogens (tertiary/aromatic N) is 2. The number of anilines is 1. The van der Waals surface area contributed by atoms with E-state index >= 15 is 0 Å². The Bertz CT molecular complexity index is 759. The Kier molecular flexibility index (Phi) is 5.85. The number of halogens is 2. The van der Waals surface area contributed by atoms with Gasteiger partial charge in [0.15, 0.2) is 6.10 Å². The Morgan fingerprint density at radius 3 is 2.58 bits per heavy atom. The van der Waals surface area contributed by atoms with E-state index in [2.05, 4.69) is 10.4 Å². The zero-order valence-electron chi connectivity index (χ0n) is 13.4. The van der Waals surface area contributed by atoms with Crippen LogP contribution in [0.2, 0.25) is 10.0 Å². The Labute approximate surface area is 149 Å². The molecule has 1 amide bonds. The number of amides is 1. The molecule has 128 valence electrons. The minimum absolute atomic E-state index is 0.0819. The second-order valence-corrected chi connectivity index (χ2v) is 6.18. The number of hydrogen-bond acceptors (Lipinski definition) is 4. The SMILES string of the molecule is CC(C)n1nccc1NC(=O)[C@@H](C)OC(=O)c1cccc(Cl)c1Cl. The fraction of sp³-hybridized carbons (Fsp3) is 0.312. The molecule has 0 aliphatic heterocycles. The summed E-state index contributed by atoms with van der Waals surface area (Å²) in [5, 5.41) is 7.13. The summed E-state index contributed by atoms with van der Waals surface area (Å²) < 4.78 is 6.81. The lowest BCUT2D eigenvalue weighted by atomic mass is 10.2. The highest BCUT2D eigenvalue weighted by Gasteiger charge is 2.22. The van der Waals surface area contributed by atoms with Crippen molar-refractivity contribution in [3.05, 3.63) is 46.1 Å². The van der Waals surface area contributed by atoms with Crippen molar-refractivity contribution in [2.24, 2.45) is 0 Å². The van der Waals surface area contributed by atoms with E-state index in [0.717, 1.165) is 0 Å². The topological polar surface area (TPSA) is 73.2 Å². The van der Waals surface area contributed by atoms with Crippen LogP contribution < -0.4 is 5.32 Å². The molecule has 0 aliphatic rings. The summed E-state index contributed by atoms with van der Waals surface area (Å²) in [4.78, 5) is 24.4. The fourth-order valence-electron chi connectivity index (χ4n) is 1.99. The van der Waals surface area contributed by atoms with Crippen molar-refractivity contribution in [2.75, 3.05) is 5.32 Å². The molecule has 0 saturated heterocycles. The molecular formula is C16H17Cl2N3O3. The summed E-state index contributed by atoms with van der Waals surface area (Å²) >= 11 is 11.8. The lowest BCUT2D eigenvalue weighted by Crippen LogP contribution is -2.31.